The van der Waals surface area contributed by atoms with E-state index in [1.54, 1.807) is 7.11 Å². The number of methoxy groups -OCH3 is 1. The van der Waals surface area contributed by atoms with E-state index in [4.69, 9.17) is 10.5 Å². The summed E-state index contributed by atoms with van der Waals surface area (Å²) in [6, 6.07) is 16.1. The maximum Gasteiger partial charge on any atom is 0.245 e. The molecule has 0 fully saturated rings. The SMILES string of the molecule is COCc1ccccc1NC(=O)[C@@H](N)c1ccccc1. The second-order valence-corrected chi connectivity index (χ2v) is 4.47. The third kappa shape index (κ3) is 3.44. The van der Waals surface area contributed by atoms with Gasteiger partial charge in [-0.3, -0.25) is 4.79 Å². The van der Waals surface area contributed by atoms with Gasteiger partial charge in [0, 0.05) is 18.4 Å². The van der Waals surface area contributed by atoms with Crippen molar-refractivity contribution < 1.29 is 9.53 Å². The van der Waals surface area contributed by atoms with Crippen molar-refractivity contribution in [3.8, 4) is 0 Å². The zero-order valence-electron chi connectivity index (χ0n) is 11.4. The number of amides is 1. The van der Waals surface area contributed by atoms with E-state index in [1.807, 2.05) is 54.6 Å². The van der Waals surface area contributed by atoms with E-state index >= 15 is 0 Å². The third-order valence-corrected chi connectivity index (χ3v) is 3.02. The Morgan fingerprint density at radius 3 is 2.50 bits per heavy atom. The first-order chi connectivity index (χ1) is 9.72. The van der Waals surface area contributed by atoms with Crippen LogP contribution < -0.4 is 11.1 Å². The molecule has 0 bridgehead atoms. The number of anilines is 1. The van der Waals surface area contributed by atoms with Gasteiger partial charge < -0.3 is 15.8 Å². The van der Waals surface area contributed by atoms with Gasteiger partial charge in [0.2, 0.25) is 5.91 Å². The topological polar surface area (TPSA) is 64.3 Å². The average Bonchev–Trinajstić information content (AvgIpc) is 2.49. The van der Waals surface area contributed by atoms with Crippen LogP contribution in [0.1, 0.15) is 17.2 Å². The Labute approximate surface area is 118 Å². The molecule has 0 radical (unpaired) electrons. The molecule has 1 amide bonds. The molecule has 0 spiro atoms. The van der Waals surface area contributed by atoms with Gasteiger partial charge in [-0.2, -0.15) is 0 Å². The Hall–Kier alpha value is -2.17. The van der Waals surface area contributed by atoms with Crippen LogP contribution in [0.3, 0.4) is 0 Å². The number of carbonyl (C=O) groups is 1. The van der Waals surface area contributed by atoms with Gasteiger partial charge in [-0.05, 0) is 11.6 Å². The molecule has 4 heteroatoms. The molecule has 3 N–H and O–H groups in total. The molecule has 104 valence electrons. The number of carbonyl (C=O) groups excluding carboxylic acids is 1. The number of ether oxygens (including phenoxy) is 1. The minimum Gasteiger partial charge on any atom is -0.380 e. The average molecular weight is 270 g/mol. The number of para-hydroxylation sites is 1. The normalized spacial score (nSPS) is 11.9. The van der Waals surface area contributed by atoms with E-state index in [0.717, 1.165) is 16.8 Å². The molecule has 0 aromatic heterocycles. The van der Waals surface area contributed by atoms with Crippen LogP contribution in [0.5, 0.6) is 0 Å². The van der Waals surface area contributed by atoms with E-state index in [1.165, 1.54) is 0 Å². The number of rotatable bonds is 5. The largest absolute Gasteiger partial charge is 0.380 e. The lowest BCUT2D eigenvalue weighted by Crippen LogP contribution is -2.28. The number of hydrogen-bond donors (Lipinski definition) is 2. The van der Waals surface area contributed by atoms with Crippen LogP contribution in [-0.4, -0.2) is 13.0 Å². The van der Waals surface area contributed by atoms with Gasteiger partial charge in [0.15, 0.2) is 0 Å². The van der Waals surface area contributed by atoms with Gasteiger partial charge in [-0.25, -0.2) is 0 Å². The molecule has 1 atom stereocenters. The van der Waals surface area contributed by atoms with Gasteiger partial charge >= 0.3 is 0 Å². The summed E-state index contributed by atoms with van der Waals surface area (Å²) in [5.41, 5.74) is 8.40. The number of nitrogens with one attached hydrogen (secondary N) is 1. The maximum atomic E-state index is 12.2. The summed E-state index contributed by atoms with van der Waals surface area (Å²) < 4.78 is 5.11. The van der Waals surface area contributed by atoms with E-state index in [-0.39, 0.29) is 5.91 Å². The van der Waals surface area contributed by atoms with Crippen LogP contribution in [0.15, 0.2) is 54.6 Å². The molecule has 0 saturated heterocycles. The molecule has 2 aromatic rings. The van der Waals surface area contributed by atoms with Crippen molar-refractivity contribution in [3.63, 3.8) is 0 Å². The molecule has 4 nitrogen and oxygen atoms in total. The molecule has 0 saturated carbocycles. The van der Waals surface area contributed by atoms with E-state index in [9.17, 15) is 4.79 Å². The van der Waals surface area contributed by atoms with Crippen molar-refractivity contribution in [2.24, 2.45) is 5.73 Å². The maximum absolute atomic E-state index is 12.2. The van der Waals surface area contributed by atoms with Crippen molar-refractivity contribution in [1.29, 1.82) is 0 Å². The van der Waals surface area contributed by atoms with Gasteiger partial charge in [0.1, 0.15) is 6.04 Å². The first kappa shape index (κ1) is 14.2. The van der Waals surface area contributed by atoms with E-state index in [2.05, 4.69) is 5.32 Å². The fourth-order valence-electron chi connectivity index (χ4n) is 1.95. The van der Waals surface area contributed by atoms with Crippen molar-refractivity contribution >= 4 is 11.6 Å². The van der Waals surface area contributed by atoms with E-state index < -0.39 is 6.04 Å². The highest BCUT2D eigenvalue weighted by Crippen LogP contribution is 2.18. The summed E-state index contributed by atoms with van der Waals surface area (Å²) in [5.74, 6) is -0.236. The van der Waals surface area contributed by atoms with Gasteiger partial charge in [0.25, 0.3) is 0 Å². The summed E-state index contributed by atoms with van der Waals surface area (Å²) in [7, 11) is 1.62. The molecule has 0 heterocycles. The number of hydrogen-bond acceptors (Lipinski definition) is 3. The highest BCUT2D eigenvalue weighted by Gasteiger charge is 2.16. The van der Waals surface area contributed by atoms with Crippen LogP contribution in [0.25, 0.3) is 0 Å². The zero-order chi connectivity index (χ0) is 14.4. The van der Waals surface area contributed by atoms with Gasteiger partial charge in [-0.15, -0.1) is 0 Å². The summed E-state index contributed by atoms with van der Waals surface area (Å²) in [5, 5.41) is 2.85. The molecule has 0 aliphatic rings. The van der Waals surface area contributed by atoms with Gasteiger partial charge in [0.05, 0.1) is 6.61 Å². The third-order valence-electron chi connectivity index (χ3n) is 3.02. The quantitative estimate of drug-likeness (QED) is 0.877. The summed E-state index contributed by atoms with van der Waals surface area (Å²) >= 11 is 0. The Morgan fingerprint density at radius 2 is 1.80 bits per heavy atom. The van der Waals surface area contributed by atoms with Crippen LogP contribution >= 0.6 is 0 Å². The lowest BCUT2D eigenvalue weighted by Gasteiger charge is -2.15. The van der Waals surface area contributed by atoms with Crippen LogP contribution in [0.2, 0.25) is 0 Å². The predicted molar refractivity (Wildman–Crippen MR) is 79.2 cm³/mol. The fourth-order valence-corrected chi connectivity index (χ4v) is 1.95. The molecule has 0 aliphatic heterocycles. The highest BCUT2D eigenvalue weighted by molar-refractivity contribution is 5.95. The Kier molecular flexibility index (Phi) is 4.87. The van der Waals surface area contributed by atoms with Crippen LogP contribution in [-0.2, 0) is 16.1 Å². The molecule has 20 heavy (non-hydrogen) atoms. The van der Waals surface area contributed by atoms with Crippen molar-refractivity contribution in [1.82, 2.24) is 0 Å². The summed E-state index contributed by atoms with van der Waals surface area (Å²) in [4.78, 5) is 12.2. The van der Waals surface area contributed by atoms with Crippen molar-refractivity contribution in [3.05, 3.63) is 65.7 Å². The van der Waals surface area contributed by atoms with Crippen LogP contribution in [0, 0.1) is 0 Å². The monoisotopic (exact) mass is 270 g/mol. The zero-order valence-corrected chi connectivity index (χ0v) is 11.4. The minimum absolute atomic E-state index is 0.236. The molecular formula is C16H18N2O2. The van der Waals surface area contributed by atoms with Crippen molar-refractivity contribution in [2.45, 2.75) is 12.6 Å². The van der Waals surface area contributed by atoms with Crippen molar-refractivity contribution in [2.75, 3.05) is 12.4 Å². The Bertz CT molecular complexity index is 570. The lowest BCUT2D eigenvalue weighted by atomic mass is 10.1. The van der Waals surface area contributed by atoms with Crippen LogP contribution in [0.4, 0.5) is 5.69 Å². The van der Waals surface area contributed by atoms with Gasteiger partial charge in [-0.1, -0.05) is 48.5 Å². The number of nitrogens with two attached hydrogens (primary N) is 1. The second-order valence-electron chi connectivity index (χ2n) is 4.47. The molecule has 0 aliphatic carbocycles. The predicted octanol–water partition coefficient (Wildman–Crippen LogP) is 2.47. The minimum atomic E-state index is -0.688. The molecule has 0 unspecified atom stereocenters. The fraction of sp³-hybridized carbons (Fsp3) is 0.188. The van der Waals surface area contributed by atoms with E-state index in [0.29, 0.717) is 6.61 Å². The molecular weight excluding hydrogens is 252 g/mol. The lowest BCUT2D eigenvalue weighted by molar-refractivity contribution is -0.117. The first-order valence-corrected chi connectivity index (χ1v) is 6.40. The molecule has 2 rings (SSSR count). The number of benzene rings is 2. The Balaban J connectivity index is 2.12. The second kappa shape index (κ2) is 6.84. The summed E-state index contributed by atoms with van der Waals surface area (Å²) in [6.45, 7) is 0.441. The molecule has 2 aromatic carbocycles. The first-order valence-electron chi connectivity index (χ1n) is 6.40. The summed E-state index contributed by atoms with van der Waals surface area (Å²) in [6.07, 6.45) is 0. The standard InChI is InChI=1S/C16H18N2O2/c1-20-11-13-9-5-6-10-14(13)18-16(19)15(17)12-7-3-2-4-8-12/h2-10,15H,11,17H2,1H3,(H,18,19)/t15-/m0/s1. The smallest absolute Gasteiger partial charge is 0.245 e. The highest BCUT2D eigenvalue weighted by atomic mass is 16.5. The Morgan fingerprint density at radius 1 is 1.15 bits per heavy atom.